The van der Waals surface area contributed by atoms with Gasteiger partial charge in [-0.15, -0.1) is 0 Å². The molecular weight excluding hydrogens is 476 g/mol. The maximum Gasteiger partial charge on any atom is 0.264 e. The molecule has 0 aliphatic rings. The Morgan fingerprint density at radius 3 is 2.15 bits per heavy atom. The van der Waals surface area contributed by atoms with E-state index in [1.54, 1.807) is 36.4 Å². The van der Waals surface area contributed by atoms with E-state index in [1.165, 1.54) is 24.8 Å². The van der Waals surface area contributed by atoms with Gasteiger partial charge < -0.3 is 14.8 Å². The van der Waals surface area contributed by atoms with E-state index in [9.17, 15) is 13.2 Å². The first-order valence-corrected chi connectivity index (χ1v) is 12.6. The highest BCUT2D eigenvalue weighted by atomic mass is 35.5. The van der Waals surface area contributed by atoms with Crippen LogP contribution in [0.1, 0.15) is 12.5 Å². The summed E-state index contributed by atoms with van der Waals surface area (Å²) in [4.78, 5) is 12.7. The summed E-state index contributed by atoms with van der Waals surface area (Å²) in [7, 11) is -2.53. The van der Waals surface area contributed by atoms with Crippen LogP contribution in [0.3, 0.4) is 0 Å². The molecule has 34 heavy (non-hydrogen) atoms. The number of methoxy groups -OCH3 is 1. The van der Waals surface area contributed by atoms with Crippen molar-refractivity contribution in [1.29, 1.82) is 0 Å². The first-order chi connectivity index (χ1) is 16.3. The van der Waals surface area contributed by atoms with Gasteiger partial charge in [-0.2, -0.15) is 0 Å². The van der Waals surface area contributed by atoms with E-state index in [0.29, 0.717) is 22.2 Å². The minimum Gasteiger partial charge on any atom is -0.497 e. The molecule has 3 rings (SSSR count). The molecule has 0 saturated heterocycles. The summed E-state index contributed by atoms with van der Waals surface area (Å²) in [5.41, 5.74) is 1.53. The molecule has 0 atom stereocenters. The van der Waals surface area contributed by atoms with Crippen molar-refractivity contribution < 1.29 is 22.7 Å². The molecule has 1 amide bonds. The fraction of sp³-hybridized carbons (Fsp3) is 0.240. The zero-order valence-corrected chi connectivity index (χ0v) is 20.6. The van der Waals surface area contributed by atoms with Crippen LogP contribution >= 0.6 is 11.6 Å². The summed E-state index contributed by atoms with van der Waals surface area (Å²) in [6, 6.07) is 20.0. The van der Waals surface area contributed by atoms with Crippen LogP contribution in [0.25, 0.3) is 0 Å². The number of carbonyl (C=O) groups is 1. The average Bonchev–Trinajstić information content (AvgIpc) is 2.86. The van der Waals surface area contributed by atoms with Crippen LogP contribution in [0.5, 0.6) is 11.5 Å². The lowest BCUT2D eigenvalue weighted by molar-refractivity contribution is -0.119. The minimum atomic E-state index is -4.02. The van der Waals surface area contributed by atoms with E-state index in [0.717, 1.165) is 10.7 Å². The van der Waals surface area contributed by atoms with Crippen LogP contribution < -0.4 is 19.1 Å². The van der Waals surface area contributed by atoms with Crippen molar-refractivity contribution in [3.8, 4) is 11.5 Å². The van der Waals surface area contributed by atoms with Crippen LogP contribution in [-0.4, -0.2) is 41.1 Å². The number of rotatable bonds is 11. The van der Waals surface area contributed by atoms with E-state index in [-0.39, 0.29) is 18.0 Å². The number of sulfonamides is 1. The van der Waals surface area contributed by atoms with Crippen molar-refractivity contribution in [3.05, 3.63) is 83.4 Å². The molecule has 0 fully saturated rings. The number of nitrogens with one attached hydrogen (secondary N) is 1. The van der Waals surface area contributed by atoms with Crippen molar-refractivity contribution in [3.63, 3.8) is 0 Å². The minimum absolute atomic E-state index is 0.0370. The van der Waals surface area contributed by atoms with Gasteiger partial charge in [0.1, 0.15) is 24.7 Å². The van der Waals surface area contributed by atoms with Crippen LogP contribution in [0.15, 0.2) is 77.7 Å². The number of hydrogen-bond donors (Lipinski definition) is 1. The van der Waals surface area contributed by atoms with Crippen molar-refractivity contribution in [2.24, 2.45) is 0 Å². The molecule has 7 nitrogen and oxygen atoms in total. The monoisotopic (exact) mass is 502 g/mol. The number of benzene rings is 3. The van der Waals surface area contributed by atoms with Crippen LogP contribution in [0.2, 0.25) is 5.02 Å². The molecule has 0 aliphatic heterocycles. The number of aryl methyl sites for hydroxylation is 1. The molecule has 0 saturated carbocycles. The Morgan fingerprint density at radius 2 is 1.56 bits per heavy atom. The predicted octanol–water partition coefficient (Wildman–Crippen LogP) is 4.30. The van der Waals surface area contributed by atoms with Gasteiger partial charge in [0, 0.05) is 5.02 Å². The smallest absolute Gasteiger partial charge is 0.264 e. The second-order valence-corrected chi connectivity index (χ2v) is 9.66. The molecule has 0 spiro atoms. The standard InChI is InChI=1S/C25H27ClN2O5S/c1-3-19-4-10-23(11-5-19)33-17-16-27-25(29)18-28(21-8-6-20(26)7-9-21)34(30,31)24-14-12-22(32-2)13-15-24/h4-15H,3,16-18H2,1-2H3,(H,27,29). The normalized spacial score (nSPS) is 11.0. The summed E-state index contributed by atoms with van der Waals surface area (Å²) in [5, 5.41) is 3.17. The zero-order chi connectivity index (χ0) is 24.6. The summed E-state index contributed by atoms with van der Waals surface area (Å²) in [6.45, 7) is 2.16. The Labute approximate surface area is 205 Å². The maximum atomic E-state index is 13.4. The fourth-order valence-corrected chi connectivity index (χ4v) is 4.71. The number of ether oxygens (including phenoxy) is 2. The summed E-state index contributed by atoms with van der Waals surface area (Å²) >= 11 is 5.96. The number of hydrogen-bond acceptors (Lipinski definition) is 5. The third-order valence-electron chi connectivity index (χ3n) is 5.07. The molecule has 9 heteroatoms. The van der Waals surface area contributed by atoms with Crippen molar-refractivity contribution >= 4 is 33.2 Å². The van der Waals surface area contributed by atoms with E-state index >= 15 is 0 Å². The van der Waals surface area contributed by atoms with Crippen molar-refractivity contribution in [2.75, 3.05) is 31.1 Å². The van der Waals surface area contributed by atoms with Crippen LogP contribution in [0, 0.1) is 0 Å². The van der Waals surface area contributed by atoms with Gasteiger partial charge in [0.25, 0.3) is 10.0 Å². The molecular formula is C25H27ClN2O5S. The zero-order valence-electron chi connectivity index (χ0n) is 19.0. The SMILES string of the molecule is CCc1ccc(OCCNC(=O)CN(c2ccc(Cl)cc2)S(=O)(=O)c2ccc(OC)cc2)cc1. The van der Waals surface area contributed by atoms with Gasteiger partial charge in [0.2, 0.25) is 5.91 Å². The largest absolute Gasteiger partial charge is 0.497 e. The van der Waals surface area contributed by atoms with Crippen LogP contribution in [0.4, 0.5) is 5.69 Å². The quantitative estimate of drug-likeness (QED) is 0.395. The molecule has 0 unspecified atom stereocenters. The lowest BCUT2D eigenvalue weighted by Crippen LogP contribution is -2.41. The summed E-state index contributed by atoms with van der Waals surface area (Å²) < 4.78 is 38.5. The van der Waals surface area contributed by atoms with E-state index in [1.807, 2.05) is 24.3 Å². The first kappa shape index (κ1) is 25.4. The highest BCUT2D eigenvalue weighted by molar-refractivity contribution is 7.92. The van der Waals surface area contributed by atoms with Gasteiger partial charge in [0.15, 0.2) is 0 Å². The maximum absolute atomic E-state index is 13.4. The molecule has 3 aromatic carbocycles. The Bertz CT molecular complexity index is 1180. The second-order valence-electron chi connectivity index (χ2n) is 7.36. The third-order valence-corrected chi connectivity index (χ3v) is 7.11. The Hall–Kier alpha value is -3.23. The summed E-state index contributed by atoms with van der Waals surface area (Å²) in [6.07, 6.45) is 0.944. The summed E-state index contributed by atoms with van der Waals surface area (Å²) in [5.74, 6) is 0.771. The Balaban J connectivity index is 1.68. The fourth-order valence-electron chi connectivity index (χ4n) is 3.16. The number of nitrogens with zero attached hydrogens (tertiary/aromatic N) is 1. The van der Waals surface area contributed by atoms with Gasteiger partial charge in [0.05, 0.1) is 24.2 Å². The number of carbonyl (C=O) groups excluding carboxylic acids is 1. The average molecular weight is 503 g/mol. The molecule has 3 aromatic rings. The molecule has 1 N–H and O–H groups in total. The van der Waals surface area contributed by atoms with Gasteiger partial charge in [-0.25, -0.2) is 8.42 Å². The second kappa shape index (κ2) is 11.8. The Kier molecular flexibility index (Phi) is 8.79. The van der Waals surface area contributed by atoms with E-state index in [2.05, 4.69) is 12.2 Å². The lowest BCUT2D eigenvalue weighted by Gasteiger charge is -2.24. The topological polar surface area (TPSA) is 84.9 Å². The highest BCUT2D eigenvalue weighted by Gasteiger charge is 2.27. The number of halogens is 1. The lowest BCUT2D eigenvalue weighted by atomic mass is 10.2. The van der Waals surface area contributed by atoms with E-state index in [4.69, 9.17) is 21.1 Å². The van der Waals surface area contributed by atoms with Gasteiger partial charge in [-0.05, 0) is 72.6 Å². The van der Waals surface area contributed by atoms with Gasteiger partial charge >= 0.3 is 0 Å². The van der Waals surface area contributed by atoms with Gasteiger partial charge in [-0.3, -0.25) is 9.10 Å². The van der Waals surface area contributed by atoms with Crippen LogP contribution in [-0.2, 0) is 21.2 Å². The van der Waals surface area contributed by atoms with Crippen molar-refractivity contribution in [2.45, 2.75) is 18.2 Å². The van der Waals surface area contributed by atoms with E-state index < -0.39 is 22.5 Å². The molecule has 0 bridgehead atoms. The predicted molar refractivity (Wildman–Crippen MR) is 133 cm³/mol. The highest BCUT2D eigenvalue weighted by Crippen LogP contribution is 2.26. The number of anilines is 1. The van der Waals surface area contributed by atoms with Gasteiger partial charge in [-0.1, -0.05) is 30.7 Å². The molecule has 180 valence electrons. The molecule has 0 aromatic heterocycles. The Morgan fingerprint density at radius 1 is 0.941 bits per heavy atom. The molecule has 0 radical (unpaired) electrons. The third kappa shape index (κ3) is 6.65. The molecule has 0 heterocycles. The molecule has 0 aliphatic carbocycles. The van der Waals surface area contributed by atoms with Crippen molar-refractivity contribution in [1.82, 2.24) is 5.32 Å². The first-order valence-electron chi connectivity index (χ1n) is 10.7. The number of amides is 1.